The molecule has 30 heavy (non-hydrogen) atoms. The normalized spacial score (nSPS) is 12.0. The van der Waals surface area contributed by atoms with Crippen LogP contribution in [0.15, 0.2) is 78.5 Å². The summed E-state index contributed by atoms with van der Waals surface area (Å²) < 4.78 is 10.0. The van der Waals surface area contributed by atoms with Crippen LogP contribution in [0.4, 0.5) is 4.79 Å². The number of amides is 1. The van der Waals surface area contributed by atoms with Gasteiger partial charge in [-0.3, -0.25) is 5.32 Å². The van der Waals surface area contributed by atoms with Crippen LogP contribution in [0.1, 0.15) is 22.3 Å². The maximum absolute atomic E-state index is 12.2. The molecule has 5 nitrogen and oxygen atoms in total. The van der Waals surface area contributed by atoms with E-state index in [0.29, 0.717) is 0 Å². The Labute approximate surface area is 175 Å². The average Bonchev–Trinajstić information content (AvgIpc) is 3.15. The summed E-state index contributed by atoms with van der Waals surface area (Å²) >= 11 is 0. The van der Waals surface area contributed by atoms with Crippen molar-refractivity contribution < 1.29 is 19.1 Å². The molecule has 4 rings (SSSR count). The van der Waals surface area contributed by atoms with Crippen LogP contribution < -0.4 is 5.32 Å². The van der Waals surface area contributed by atoms with Crippen LogP contribution in [0.3, 0.4) is 0 Å². The van der Waals surface area contributed by atoms with Gasteiger partial charge in [0.2, 0.25) is 0 Å². The van der Waals surface area contributed by atoms with Gasteiger partial charge in [-0.25, -0.2) is 9.59 Å². The number of fused-ring (bicyclic) bond motifs is 3. The fourth-order valence-corrected chi connectivity index (χ4v) is 3.55. The zero-order valence-electron chi connectivity index (χ0n) is 16.6. The molecule has 5 heteroatoms. The third kappa shape index (κ3) is 4.25. The summed E-state index contributed by atoms with van der Waals surface area (Å²) in [6.45, 7) is 0.109. The van der Waals surface area contributed by atoms with Crippen LogP contribution in [0.5, 0.6) is 0 Å². The van der Waals surface area contributed by atoms with E-state index >= 15 is 0 Å². The average molecular weight is 399 g/mol. The quantitative estimate of drug-likeness (QED) is 0.390. The molecule has 1 N–H and O–H groups in total. The molecule has 1 amide bonds. The first kappa shape index (κ1) is 19.5. The Morgan fingerprint density at radius 1 is 0.933 bits per heavy atom. The van der Waals surface area contributed by atoms with Crippen molar-refractivity contribution in [1.29, 1.82) is 0 Å². The van der Waals surface area contributed by atoms with Crippen molar-refractivity contribution in [1.82, 2.24) is 5.32 Å². The summed E-state index contributed by atoms with van der Waals surface area (Å²) in [7, 11) is 1.27. The summed E-state index contributed by atoms with van der Waals surface area (Å²) in [5, 5.41) is 2.50. The second-order valence-corrected chi connectivity index (χ2v) is 6.99. The Morgan fingerprint density at radius 2 is 1.67 bits per heavy atom. The molecule has 0 aromatic heterocycles. The second-order valence-electron chi connectivity index (χ2n) is 6.99. The van der Waals surface area contributed by atoms with Crippen molar-refractivity contribution in [2.24, 2.45) is 0 Å². The summed E-state index contributed by atoms with van der Waals surface area (Å²) in [6.07, 6.45) is 1.72. The van der Waals surface area contributed by atoms with Crippen molar-refractivity contribution in [2.45, 2.75) is 13.0 Å². The lowest BCUT2D eigenvalue weighted by Gasteiger charge is -2.10. The molecule has 0 heterocycles. The second kappa shape index (κ2) is 8.66. The van der Waals surface area contributed by atoms with Crippen molar-refractivity contribution in [3.8, 4) is 11.1 Å². The van der Waals surface area contributed by atoms with Gasteiger partial charge in [-0.2, -0.15) is 0 Å². The van der Waals surface area contributed by atoms with Crippen LogP contribution in [0, 0.1) is 0 Å². The molecule has 0 saturated heterocycles. The minimum absolute atomic E-state index is 0.0195. The third-order valence-electron chi connectivity index (χ3n) is 4.98. The molecule has 3 aromatic carbocycles. The molecule has 0 unspecified atom stereocenters. The van der Waals surface area contributed by atoms with E-state index < -0.39 is 12.1 Å². The topological polar surface area (TPSA) is 64.6 Å². The predicted molar refractivity (Wildman–Crippen MR) is 114 cm³/mol. The highest BCUT2D eigenvalue weighted by atomic mass is 16.6. The molecule has 1 aliphatic carbocycles. The molecule has 0 bridgehead atoms. The number of carbonyl (C=O) groups is 2. The van der Waals surface area contributed by atoms with Gasteiger partial charge in [0.05, 0.1) is 7.11 Å². The van der Waals surface area contributed by atoms with Gasteiger partial charge < -0.3 is 9.47 Å². The van der Waals surface area contributed by atoms with Crippen LogP contribution in [-0.2, 0) is 27.3 Å². The highest BCUT2D eigenvalue weighted by Crippen LogP contribution is 2.36. The molecular formula is C25H21NO4. The van der Waals surface area contributed by atoms with Crippen molar-refractivity contribution in [3.63, 3.8) is 0 Å². The number of hydrogen-bond donors (Lipinski definition) is 1. The van der Waals surface area contributed by atoms with Crippen molar-refractivity contribution >= 4 is 18.1 Å². The Hall–Kier alpha value is -3.86. The standard InChI is InChI=1S/C25H21NO4/c1-29-24(27)23(26-25(28)30-16-17-7-3-2-4-8-17)14-18-11-12-22-20(13-18)15-19-9-5-6-10-21(19)22/h2-14H,15-16H2,1H3,(H,26,28). The molecule has 0 atom stereocenters. The Bertz CT molecular complexity index is 1120. The summed E-state index contributed by atoms with van der Waals surface area (Å²) in [5.74, 6) is -0.643. The Kier molecular flexibility index (Phi) is 5.61. The number of benzene rings is 3. The van der Waals surface area contributed by atoms with E-state index in [4.69, 9.17) is 9.47 Å². The van der Waals surface area contributed by atoms with E-state index in [0.717, 1.165) is 17.5 Å². The molecule has 0 fully saturated rings. The third-order valence-corrected chi connectivity index (χ3v) is 4.98. The summed E-state index contributed by atoms with van der Waals surface area (Å²) in [6, 6.07) is 23.6. The SMILES string of the molecule is COC(=O)C(=Cc1ccc2c(c1)Cc1ccccc1-2)NC(=O)OCc1ccccc1. The van der Waals surface area contributed by atoms with Gasteiger partial charge in [0.1, 0.15) is 12.3 Å². The van der Waals surface area contributed by atoms with Crippen LogP contribution in [0.25, 0.3) is 17.2 Å². The lowest BCUT2D eigenvalue weighted by molar-refractivity contribution is -0.136. The van der Waals surface area contributed by atoms with E-state index in [1.807, 2.05) is 60.7 Å². The molecule has 1 aliphatic rings. The Balaban J connectivity index is 1.50. The largest absolute Gasteiger partial charge is 0.464 e. The van der Waals surface area contributed by atoms with Crippen LogP contribution >= 0.6 is 0 Å². The molecule has 0 saturated carbocycles. The summed E-state index contributed by atoms with van der Waals surface area (Å²) in [5.41, 5.74) is 6.56. The van der Waals surface area contributed by atoms with Crippen LogP contribution in [-0.4, -0.2) is 19.2 Å². The molecule has 3 aromatic rings. The fourth-order valence-electron chi connectivity index (χ4n) is 3.55. The number of ether oxygens (including phenoxy) is 2. The molecular weight excluding hydrogens is 378 g/mol. The molecule has 150 valence electrons. The number of rotatable bonds is 5. The maximum Gasteiger partial charge on any atom is 0.412 e. The van der Waals surface area contributed by atoms with Gasteiger partial charge in [-0.05, 0) is 45.9 Å². The number of methoxy groups -OCH3 is 1. The van der Waals surface area contributed by atoms with E-state index in [1.165, 1.54) is 29.4 Å². The number of esters is 1. The minimum atomic E-state index is -0.718. The van der Waals surface area contributed by atoms with E-state index in [1.54, 1.807) is 6.08 Å². The lowest BCUT2D eigenvalue weighted by atomic mass is 10.0. The predicted octanol–water partition coefficient (Wildman–Crippen LogP) is 4.70. The highest BCUT2D eigenvalue weighted by molar-refractivity contribution is 5.97. The van der Waals surface area contributed by atoms with Crippen molar-refractivity contribution in [3.05, 3.63) is 101 Å². The van der Waals surface area contributed by atoms with Gasteiger partial charge in [0.15, 0.2) is 0 Å². The highest BCUT2D eigenvalue weighted by Gasteiger charge is 2.19. The van der Waals surface area contributed by atoms with Gasteiger partial charge >= 0.3 is 12.1 Å². The number of nitrogens with one attached hydrogen (secondary N) is 1. The number of alkyl carbamates (subject to hydrolysis) is 1. The van der Waals surface area contributed by atoms with Crippen molar-refractivity contribution in [2.75, 3.05) is 7.11 Å². The summed E-state index contributed by atoms with van der Waals surface area (Å²) in [4.78, 5) is 24.4. The van der Waals surface area contributed by atoms with E-state index in [-0.39, 0.29) is 12.3 Å². The first-order valence-corrected chi connectivity index (χ1v) is 9.63. The molecule has 0 radical (unpaired) electrons. The van der Waals surface area contributed by atoms with Crippen LogP contribution in [0.2, 0.25) is 0 Å². The zero-order valence-corrected chi connectivity index (χ0v) is 16.6. The first-order valence-electron chi connectivity index (χ1n) is 9.63. The van der Waals surface area contributed by atoms with Gasteiger partial charge in [-0.15, -0.1) is 0 Å². The Morgan fingerprint density at radius 3 is 2.47 bits per heavy atom. The molecule has 0 aliphatic heterocycles. The fraction of sp³-hybridized carbons (Fsp3) is 0.120. The van der Waals surface area contributed by atoms with E-state index in [2.05, 4.69) is 17.4 Å². The number of hydrogen-bond acceptors (Lipinski definition) is 4. The van der Waals surface area contributed by atoms with Gasteiger partial charge in [-0.1, -0.05) is 72.8 Å². The minimum Gasteiger partial charge on any atom is -0.464 e. The smallest absolute Gasteiger partial charge is 0.412 e. The molecule has 0 spiro atoms. The number of carbonyl (C=O) groups excluding carboxylic acids is 2. The lowest BCUT2D eigenvalue weighted by Crippen LogP contribution is -2.28. The monoisotopic (exact) mass is 399 g/mol. The van der Waals surface area contributed by atoms with E-state index in [9.17, 15) is 9.59 Å². The van der Waals surface area contributed by atoms with Gasteiger partial charge in [0, 0.05) is 0 Å². The zero-order chi connectivity index (χ0) is 20.9. The van der Waals surface area contributed by atoms with Gasteiger partial charge in [0.25, 0.3) is 0 Å². The first-order chi connectivity index (χ1) is 14.6. The maximum atomic E-state index is 12.2.